The van der Waals surface area contributed by atoms with Gasteiger partial charge in [0.05, 0.1) is 27.5 Å². The SMILES string of the molecule is CCN(C(=O)c1ccc(F)cc1Cl)c1cccc(C(=O)Nc2c(Br)cc(C(F)(C(F)(F)F)C(F)(F)F)cc2OC(F)F)c1F. The van der Waals surface area contributed by atoms with Crippen LogP contribution in [0.4, 0.5) is 59.7 Å². The molecule has 0 spiro atoms. The first-order valence-electron chi connectivity index (χ1n) is 11.7. The molecule has 238 valence electrons. The van der Waals surface area contributed by atoms with Crippen molar-refractivity contribution in [3.8, 4) is 5.75 Å². The first kappa shape index (κ1) is 34.9. The summed E-state index contributed by atoms with van der Waals surface area (Å²) in [5, 5.41) is 1.50. The molecule has 18 heteroatoms. The van der Waals surface area contributed by atoms with E-state index in [2.05, 4.69) is 20.7 Å². The molecule has 0 heterocycles. The average molecular weight is 728 g/mol. The third kappa shape index (κ3) is 6.72. The zero-order valence-corrected chi connectivity index (χ0v) is 23.8. The largest absolute Gasteiger partial charge is 0.435 e. The fraction of sp³-hybridized carbons (Fsp3) is 0.231. The second kappa shape index (κ2) is 12.8. The Hall–Kier alpha value is -3.60. The van der Waals surface area contributed by atoms with Crippen LogP contribution in [0, 0.1) is 11.6 Å². The van der Waals surface area contributed by atoms with E-state index in [1.54, 1.807) is 0 Å². The van der Waals surface area contributed by atoms with Crippen LogP contribution in [0.25, 0.3) is 0 Å². The Balaban J connectivity index is 2.08. The van der Waals surface area contributed by atoms with Gasteiger partial charge >= 0.3 is 24.6 Å². The van der Waals surface area contributed by atoms with Gasteiger partial charge in [0.2, 0.25) is 0 Å². The molecule has 44 heavy (non-hydrogen) atoms. The fourth-order valence-corrected chi connectivity index (χ4v) is 4.68. The number of carbonyl (C=O) groups excluding carboxylic acids is 2. The van der Waals surface area contributed by atoms with E-state index in [1.807, 2.05) is 5.32 Å². The number of amides is 2. The van der Waals surface area contributed by atoms with Gasteiger partial charge in [-0.2, -0.15) is 35.1 Å². The monoisotopic (exact) mass is 726 g/mol. The van der Waals surface area contributed by atoms with Gasteiger partial charge in [-0.25, -0.2) is 13.2 Å². The van der Waals surface area contributed by atoms with Crippen molar-refractivity contribution in [3.05, 3.63) is 86.4 Å². The van der Waals surface area contributed by atoms with E-state index in [-0.39, 0.29) is 29.3 Å². The number of rotatable bonds is 8. The number of carbonyl (C=O) groups is 2. The summed E-state index contributed by atoms with van der Waals surface area (Å²) in [6.45, 7) is -2.71. The molecule has 3 rings (SSSR count). The summed E-state index contributed by atoms with van der Waals surface area (Å²) in [5.74, 6) is -6.13. The van der Waals surface area contributed by atoms with Gasteiger partial charge in [-0.1, -0.05) is 17.7 Å². The summed E-state index contributed by atoms with van der Waals surface area (Å²) >= 11 is 8.43. The molecule has 1 N–H and O–H groups in total. The summed E-state index contributed by atoms with van der Waals surface area (Å²) in [6, 6.07) is 5.30. The zero-order chi connectivity index (χ0) is 33.4. The minimum Gasteiger partial charge on any atom is -0.433 e. The van der Waals surface area contributed by atoms with E-state index < -0.39 is 80.8 Å². The number of ether oxygens (including phenoxy) is 1. The van der Waals surface area contributed by atoms with E-state index in [1.165, 1.54) is 6.92 Å². The number of halogens is 13. The molecule has 0 atom stereocenters. The highest BCUT2D eigenvalue weighted by Gasteiger charge is 2.73. The lowest BCUT2D eigenvalue weighted by molar-refractivity contribution is -0.348. The Morgan fingerprint density at radius 1 is 0.955 bits per heavy atom. The number of nitrogens with one attached hydrogen (secondary N) is 1. The fourth-order valence-electron chi connectivity index (χ4n) is 3.89. The summed E-state index contributed by atoms with van der Waals surface area (Å²) in [5.41, 5.74) is -10.9. The Morgan fingerprint density at radius 3 is 2.09 bits per heavy atom. The van der Waals surface area contributed by atoms with Crippen molar-refractivity contribution in [1.82, 2.24) is 0 Å². The standard InChI is InChI=1S/C26H15BrClF11N2O3/c1-2-41(22(43)13-7-6-12(29)10-16(13)28)17-5-3-4-14(19(17)30)21(42)40-20-15(27)8-11(9-18(20)44-23(31)32)24(33,25(34,35)36)26(37,38)39/h3-10,23H,2H2,1H3,(H,40,42). The summed E-state index contributed by atoms with van der Waals surface area (Å²) in [4.78, 5) is 26.9. The second-order valence-corrected chi connectivity index (χ2v) is 9.89. The van der Waals surface area contributed by atoms with Gasteiger partial charge in [0.15, 0.2) is 11.6 Å². The maximum Gasteiger partial charge on any atom is 0.435 e. The third-order valence-electron chi connectivity index (χ3n) is 5.92. The van der Waals surface area contributed by atoms with Crippen molar-refractivity contribution in [2.75, 3.05) is 16.8 Å². The van der Waals surface area contributed by atoms with Crippen LogP contribution in [0.5, 0.6) is 5.75 Å². The molecule has 0 aliphatic rings. The van der Waals surface area contributed by atoms with Crippen LogP contribution in [-0.2, 0) is 5.67 Å². The minimum atomic E-state index is -6.61. The molecule has 3 aromatic carbocycles. The highest BCUT2D eigenvalue weighted by molar-refractivity contribution is 9.10. The molecule has 5 nitrogen and oxygen atoms in total. The number of hydrogen-bond donors (Lipinski definition) is 1. The van der Waals surface area contributed by atoms with Gasteiger partial charge in [0.25, 0.3) is 11.8 Å². The topological polar surface area (TPSA) is 58.6 Å². The normalized spacial score (nSPS) is 12.3. The van der Waals surface area contributed by atoms with Crippen LogP contribution >= 0.6 is 27.5 Å². The average Bonchev–Trinajstić information content (AvgIpc) is 2.89. The van der Waals surface area contributed by atoms with Crippen LogP contribution in [0.2, 0.25) is 5.02 Å². The highest BCUT2D eigenvalue weighted by atomic mass is 79.9. The van der Waals surface area contributed by atoms with Crippen molar-refractivity contribution < 1.29 is 62.6 Å². The van der Waals surface area contributed by atoms with Gasteiger partial charge in [-0.15, -0.1) is 0 Å². The van der Waals surface area contributed by atoms with Crippen LogP contribution < -0.4 is 15.0 Å². The van der Waals surface area contributed by atoms with Crippen LogP contribution in [0.3, 0.4) is 0 Å². The quantitative estimate of drug-likeness (QED) is 0.236. The van der Waals surface area contributed by atoms with E-state index in [9.17, 15) is 53.5 Å². The molecule has 0 saturated heterocycles. The lowest BCUT2D eigenvalue weighted by Crippen LogP contribution is -2.50. The maximum absolute atomic E-state index is 15.6. The summed E-state index contributed by atoms with van der Waals surface area (Å²) in [6.07, 6.45) is -13.2. The highest BCUT2D eigenvalue weighted by Crippen LogP contribution is 2.55. The Morgan fingerprint density at radius 2 is 1.57 bits per heavy atom. The molecular weight excluding hydrogens is 713 g/mol. The zero-order valence-electron chi connectivity index (χ0n) is 21.5. The van der Waals surface area contributed by atoms with Gasteiger partial charge < -0.3 is 15.0 Å². The lowest BCUT2D eigenvalue weighted by Gasteiger charge is -2.31. The minimum absolute atomic E-state index is 0.0778. The predicted octanol–water partition coefficient (Wildman–Crippen LogP) is 9.19. The van der Waals surface area contributed by atoms with Crippen molar-refractivity contribution >= 4 is 50.7 Å². The molecule has 2 amide bonds. The van der Waals surface area contributed by atoms with Crippen LogP contribution in [-0.4, -0.2) is 37.3 Å². The molecule has 0 unspecified atom stereocenters. The molecule has 0 aliphatic heterocycles. The van der Waals surface area contributed by atoms with Gasteiger partial charge in [0.1, 0.15) is 5.82 Å². The molecule has 0 radical (unpaired) electrons. The lowest BCUT2D eigenvalue weighted by atomic mass is 9.93. The van der Waals surface area contributed by atoms with Gasteiger partial charge in [-0.3, -0.25) is 9.59 Å². The first-order chi connectivity index (χ1) is 20.2. The van der Waals surface area contributed by atoms with Crippen molar-refractivity contribution in [3.63, 3.8) is 0 Å². The number of alkyl halides is 9. The van der Waals surface area contributed by atoms with E-state index in [4.69, 9.17) is 11.6 Å². The van der Waals surface area contributed by atoms with Crippen molar-refractivity contribution in [2.24, 2.45) is 0 Å². The summed E-state index contributed by atoms with van der Waals surface area (Å²) < 4.78 is 152. The van der Waals surface area contributed by atoms with Crippen LogP contribution in [0.15, 0.2) is 53.0 Å². The third-order valence-corrected chi connectivity index (χ3v) is 6.86. The Labute approximate surface area is 253 Å². The number of benzene rings is 3. The molecular formula is C26H15BrClF11N2O3. The van der Waals surface area contributed by atoms with Crippen LogP contribution in [0.1, 0.15) is 33.2 Å². The number of anilines is 2. The number of nitrogens with zero attached hydrogens (tertiary/aromatic N) is 1. The molecule has 0 aromatic heterocycles. The van der Waals surface area contributed by atoms with Crippen molar-refractivity contribution in [2.45, 2.75) is 31.6 Å². The summed E-state index contributed by atoms with van der Waals surface area (Å²) in [7, 11) is 0. The van der Waals surface area contributed by atoms with Crippen molar-refractivity contribution in [1.29, 1.82) is 0 Å². The Bertz CT molecular complexity index is 1570. The van der Waals surface area contributed by atoms with E-state index >= 15 is 4.39 Å². The van der Waals surface area contributed by atoms with E-state index in [0.717, 1.165) is 41.3 Å². The molecule has 0 fully saturated rings. The smallest absolute Gasteiger partial charge is 0.433 e. The van der Waals surface area contributed by atoms with E-state index in [0.29, 0.717) is 0 Å². The maximum atomic E-state index is 15.6. The molecule has 3 aromatic rings. The molecule has 0 saturated carbocycles. The predicted molar refractivity (Wildman–Crippen MR) is 139 cm³/mol. The first-order valence-corrected chi connectivity index (χ1v) is 12.9. The Kier molecular flexibility index (Phi) is 10.1. The number of hydrogen-bond acceptors (Lipinski definition) is 3. The van der Waals surface area contributed by atoms with Gasteiger partial charge in [0, 0.05) is 16.6 Å². The molecule has 0 aliphatic carbocycles. The van der Waals surface area contributed by atoms with Gasteiger partial charge in [-0.05, 0) is 65.3 Å². The molecule has 0 bridgehead atoms. The second-order valence-electron chi connectivity index (χ2n) is 8.63.